The number of aromatic nitrogens is 2. The summed E-state index contributed by atoms with van der Waals surface area (Å²) in [6, 6.07) is 8.72. The molecular formula is C19H25N3O. The molecule has 2 aromatic rings. The van der Waals surface area contributed by atoms with Gasteiger partial charge in [0.2, 0.25) is 0 Å². The van der Waals surface area contributed by atoms with Crippen molar-refractivity contribution in [2.24, 2.45) is 0 Å². The van der Waals surface area contributed by atoms with Crippen LogP contribution in [-0.4, -0.2) is 36.3 Å². The van der Waals surface area contributed by atoms with Gasteiger partial charge in [0.25, 0.3) is 0 Å². The van der Waals surface area contributed by atoms with Crippen LogP contribution in [0.3, 0.4) is 0 Å². The monoisotopic (exact) mass is 311 g/mol. The van der Waals surface area contributed by atoms with Gasteiger partial charge in [-0.05, 0) is 32.8 Å². The molecule has 0 bridgehead atoms. The largest absolute Gasteiger partial charge is 0.380 e. The summed E-state index contributed by atoms with van der Waals surface area (Å²) in [6.45, 7) is 8.08. The zero-order chi connectivity index (χ0) is 16.4. The van der Waals surface area contributed by atoms with E-state index >= 15 is 0 Å². The summed E-state index contributed by atoms with van der Waals surface area (Å²) in [6.07, 6.45) is 2.23. The van der Waals surface area contributed by atoms with E-state index in [1.165, 1.54) is 16.7 Å². The summed E-state index contributed by atoms with van der Waals surface area (Å²) in [5.74, 6) is 1.92. The van der Waals surface area contributed by atoms with Gasteiger partial charge in [-0.2, -0.15) is 0 Å². The standard InChI is InChI=1S/C19H25N3O/c1-13-5-7-16(8-6-13)11-18-14(2)20-15(3)21-19(18)22-10-9-17(12-22)23-4/h5-8,17H,9-12H2,1-4H3. The first-order chi connectivity index (χ1) is 11.1. The Labute approximate surface area is 138 Å². The normalized spacial score (nSPS) is 17.7. The van der Waals surface area contributed by atoms with Gasteiger partial charge in [-0.3, -0.25) is 0 Å². The minimum absolute atomic E-state index is 0.304. The molecule has 0 aliphatic carbocycles. The summed E-state index contributed by atoms with van der Waals surface area (Å²) < 4.78 is 5.51. The molecule has 1 fully saturated rings. The summed E-state index contributed by atoms with van der Waals surface area (Å²) >= 11 is 0. The Kier molecular flexibility index (Phi) is 4.62. The fraction of sp³-hybridized carbons (Fsp3) is 0.474. The highest BCUT2D eigenvalue weighted by Gasteiger charge is 2.26. The zero-order valence-electron chi connectivity index (χ0n) is 14.5. The average molecular weight is 311 g/mol. The van der Waals surface area contributed by atoms with Gasteiger partial charge in [0.05, 0.1) is 6.10 Å². The Hall–Kier alpha value is -1.94. The van der Waals surface area contributed by atoms with E-state index in [0.29, 0.717) is 6.10 Å². The molecule has 1 saturated heterocycles. The van der Waals surface area contributed by atoms with Crippen molar-refractivity contribution in [1.29, 1.82) is 0 Å². The first-order valence-electron chi connectivity index (χ1n) is 8.24. The highest BCUT2D eigenvalue weighted by Crippen LogP contribution is 2.27. The van der Waals surface area contributed by atoms with E-state index in [2.05, 4.69) is 48.0 Å². The predicted octanol–water partition coefficient (Wildman–Crippen LogP) is 3.22. The Morgan fingerprint density at radius 3 is 2.52 bits per heavy atom. The maximum Gasteiger partial charge on any atom is 0.136 e. The second-order valence-electron chi connectivity index (χ2n) is 6.41. The average Bonchev–Trinajstić information content (AvgIpc) is 3.00. The van der Waals surface area contributed by atoms with Crippen LogP contribution in [-0.2, 0) is 11.2 Å². The molecule has 0 N–H and O–H groups in total. The number of hydrogen-bond donors (Lipinski definition) is 0. The van der Waals surface area contributed by atoms with Gasteiger partial charge in [0.1, 0.15) is 11.6 Å². The molecule has 1 aliphatic heterocycles. The van der Waals surface area contributed by atoms with Crippen molar-refractivity contribution < 1.29 is 4.74 Å². The number of nitrogens with zero attached hydrogens (tertiary/aromatic N) is 3. The van der Waals surface area contributed by atoms with Gasteiger partial charge in [-0.1, -0.05) is 29.8 Å². The Morgan fingerprint density at radius 2 is 1.87 bits per heavy atom. The van der Waals surface area contributed by atoms with Crippen molar-refractivity contribution in [3.8, 4) is 0 Å². The SMILES string of the molecule is COC1CCN(c2nc(C)nc(C)c2Cc2ccc(C)cc2)C1. The molecule has 0 saturated carbocycles. The van der Waals surface area contributed by atoms with Crippen molar-refractivity contribution in [2.75, 3.05) is 25.1 Å². The lowest BCUT2D eigenvalue weighted by Crippen LogP contribution is -2.25. The van der Waals surface area contributed by atoms with Crippen LogP contribution in [0.2, 0.25) is 0 Å². The van der Waals surface area contributed by atoms with E-state index in [1.54, 1.807) is 7.11 Å². The van der Waals surface area contributed by atoms with Gasteiger partial charge in [0.15, 0.2) is 0 Å². The van der Waals surface area contributed by atoms with Crippen LogP contribution < -0.4 is 4.90 Å². The molecule has 1 atom stereocenters. The van der Waals surface area contributed by atoms with Crippen molar-refractivity contribution >= 4 is 5.82 Å². The molecule has 0 radical (unpaired) electrons. The predicted molar refractivity (Wildman–Crippen MR) is 93.1 cm³/mol. The molecule has 1 aromatic carbocycles. The second kappa shape index (κ2) is 6.67. The molecule has 0 spiro atoms. The number of anilines is 1. The fourth-order valence-electron chi connectivity index (χ4n) is 3.21. The minimum Gasteiger partial charge on any atom is -0.380 e. The van der Waals surface area contributed by atoms with Crippen LogP contribution in [0.15, 0.2) is 24.3 Å². The lowest BCUT2D eigenvalue weighted by molar-refractivity contribution is 0.121. The number of ether oxygens (including phenoxy) is 1. The third-order valence-corrected chi connectivity index (χ3v) is 4.58. The Bertz CT molecular complexity index is 682. The van der Waals surface area contributed by atoms with E-state index < -0.39 is 0 Å². The van der Waals surface area contributed by atoms with Crippen molar-refractivity contribution in [2.45, 2.75) is 39.7 Å². The number of benzene rings is 1. The Balaban J connectivity index is 1.93. The smallest absolute Gasteiger partial charge is 0.136 e. The first kappa shape index (κ1) is 15.9. The van der Waals surface area contributed by atoms with E-state index in [1.807, 2.05) is 6.92 Å². The molecule has 1 unspecified atom stereocenters. The first-order valence-corrected chi connectivity index (χ1v) is 8.24. The summed E-state index contributed by atoms with van der Waals surface area (Å²) in [5.41, 5.74) is 4.90. The molecule has 23 heavy (non-hydrogen) atoms. The molecule has 3 rings (SSSR count). The van der Waals surface area contributed by atoms with Gasteiger partial charge >= 0.3 is 0 Å². The maximum atomic E-state index is 5.51. The molecule has 4 heteroatoms. The molecular weight excluding hydrogens is 286 g/mol. The van der Waals surface area contributed by atoms with E-state index in [9.17, 15) is 0 Å². The van der Waals surface area contributed by atoms with Crippen LogP contribution in [0, 0.1) is 20.8 Å². The molecule has 0 amide bonds. The van der Waals surface area contributed by atoms with Gasteiger partial charge < -0.3 is 9.64 Å². The van der Waals surface area contributed by atoms with Crippen LogP contribution in [0.5, 0.6) is 0 Å². The third kappa shape index (κ3) is 3.53. The highest BCUT2D eigenvalue weighted by molar-refractivity contribution is 5.52. The van der Waals surface area contributed by atoms with Gasteiger partial charge in [-0.25, -0.2) is 9.97 Å². The molecule has 122 valence electrons. The lowest BCUT2D eigenvalue weighted by atomic mass is 10.0. The van der Waals surface area contributed by atoms with Crippen LogP contribution in [0.4, 0.5) is 5.82 Å². The molecule has 1 aromatic heterocycles. The number of methoxy groups -OCH3 is 1. The summed E-state index contributed by atoms with van der Waals surface area (Å²) in [7, 11) is 1.79. The molecule has 2 heterocycles. The maximum absolute atomic E-state index is 5.51. The lowest BCUT2D eigenvalue weighted by Gasteiger charge is -2.22. The van der Waals surface area contributed by atoms with Crippen LogP contribution in [0.1, 0.15) is 34.6 Å². The number of aryl methyl sites for hydroxylation is 3. The minimum atomic E-state index is 0.304. The number of hydrogen-bond acceptors (Lipinski definition) is 4. The van der Waals surface area contributed by atoms with E-state index in [0.717, 1.165) is 43.3 Å². The van der Waals surface area contributed by atoms with E-state index in [-0.39, 0.29) is 0 Å². The van der Waals surface area contributed by atoms with Crippen molar-refractivity contribution in [3.63, 3.8) is 0 Å². The summed E-state index contributed by atoms with van der Waals surface area (Å²) in [4.78, 5) is 11.7. The van der Waals surface area contributed by atoms with Crippen LogP contribution >= 0.6 is 0 Å². The topological polar surface area (TPSA) is 38.2 Å². The number of rotatable bonds is 4. The quantitative estimate of drug-likeness (QED) is 0.869. The van der Waals surface area contributed by atoms with E-state index in [4.69, 9.17) is 9.72 Å². The summed E-state index contributed by atoms with van der Waals surface area (Å²) in [5, 5.41) is 0. The van der Waals surface area contributed by atoms with Gasteiger partial charge in [0, 0.05) is 37.9 Å². The zero-order valence-corrected chi connectivity index (χ0v) is 14.5. The van der Waals surface area contributed by atoms with Gasteiger partial charge in [-0.15, -0.1) is 0 Å². The van der Waals surface area contributed by atoms with Crippen molar-refractivity contribution in [3.05, 3.63) is 52.5 Å². The molecule has 1 aliphatic rings. The second-order valence-corrected chi connectivity index (χ2v) is 6.41. The fourth-order valence-corrected chi connectivity index (χ4v) is 3.21. The highest BCUT2D eigenvalue weighted by atomic mass is 16.5. The van der Waals surface area contributed by atoms with Crippen LogP contribution in [0.25, 0.3) is 0 Å². The molecule has 4 nitrogen and oxygen atoms in total. The third-order valence-electron chi connectivity index (χ3n) is 4.58. The van der Waals surface area contributed by atoms with Crippen molar-refractivity contribution in [1.82, 2.24) is 9.97 Å². The Morgan fingerprint density at radius 1 is 1.13 bits per heavy atom.